The van der Waals surface area contributed by atoms with Gasteiger partial charge in [-0.15, -0.1) is 0 Å². The average molecular weight is 423 g/mol. The largest absolute Gasteiger partial charge is 0.350 e. The molecule has 1 heterocycles. The third-order valence-electron chi connectivity index (χ3n) is 5.11. The second-order valence-electron chi connectivity index (χ2n) is 7.91. The fraction of sp³-hybridized carbons (Fsp3) is 0.292. The molecule has 31 heavy (non-hydrogen) atoms. The van der Waals surface area contributed by atoms with Crippen LogP contribution in [0, 0.1) is 25.6 Å². The maximum Gasteiger partial charge on any atom is 0.251 e. The predicted molar refractivity (Wildman–Crippen MR) is 117 cm³/mol. The highest BCUT2D eigenvalue weighted by molar-refractivity contribution is 5.97. The molecule has 1 atom stereocenters. The summed E-state index contributed by atoms with van der Waals surface area (Å²) in [6.45, 7) is 7.62. The number of carbonyl (C=O) groups excluding carboxylic acids is 2. The van der Waals surface area contributed by atoms with Crippen molar-refractivity contribution >= 4 is 11.8 Å². The molecule has 3 aromatic rings. The second-order valence-corrected chi connectivity index (χ2v) is 7.91. The van der Waals surface area contributed by atoms with E-state index < -0.39 is 11.9 Å². The van der Waals surface area contributed by atoms with Gasteiger partial charge in [0.25, 0.3) is 5.91 Å². The highest BCUT2D eigenvalue weighted by Gasteiger charge is 2.24. The van der Waals surface area contributed by atoms with Gasteiger partial charge in [0.1, 0.15) is 17.7 Å². The Bertz CT molecular complexity index is 1070. The number of carbonyl (C=O) groups is 2. The molecule has 0 saturated heterocycles. The summed E-state index contributed by atoms with van der Waals surface area (Å²) in [5, 5.41) is 5.60. The van der Waals surface area contributed by atoms with E-state index in [1.54, 1.807) is 48.1 Å². The summed E-state index contributed by atoms with van der Waals surface area (Å²) < 4.78 is 16.2. The summed E-state index contributed by atoms with van der Waals surface area (Å²) >= 11 is 0. The zero-order valence-electron chi connectivity index (χ0n) is 18.1. The summed E-state index contributed by atoms with van der Waals surface area (Å²) in [4.78, 5) is 29.4. The molecule has 0 fully saturated rings. The number of nitrogens with zero attached hydrogens (tertiary/aromatic N) is 2. The van der Waals surface area contributed by atoms with E-state index in [4.69, 9.17) is 0 Å². The first-order valence-corrected chi connectivity index (χ1v) is 10.2. The fourth-order valence-corrected chi connectivity index (χ4v) is 3.25. The van der Waals surface area contributed by atoms with Crippen molar-refractivity contribution in [2.45, 2.75) is 40.3 Å². The molecular formula is C24H27FN4O2. The van der Waals surface area contributed by atoms with Gasteiger partial charge in [-0.2, -0.15) is 0 Å². The first-order chi connectivity index (χ1) is 14.8. The maximum atomic E-state index is 14.6. The van der Waals surface area contributed by atoms with Crippen LogP contribution in [-0.2, 0) is 11.3 Å². The number of aryl methyl sites for hydroxylation is 2. The Balaban J connectivity index is 1.65. The molecule has 2 aromatic carbocycles. The summed E-state index contributed by atoms with van der Waals surface area (Å²) in [6, 6.07) is 11.3. The van der Waals surface area contributed by atoms with Crippen molar-refractivity contribution in [2.24, 2.45) is 5.92 Å². The van der Waals surface area contributed by atoms with Crippen LogP contribution in [0.15, 0.2) is 54.9 Å². The van der Waals surface area contributed by atoms with E-state index in [1.807, 2.05) is 32.9 Å². The lowest BCUT2D eigenvalue weighted by atomic mass is 10.0. The molecule has 2 N–H and O–H groups in total. The van der Waals surface area contributed by atoms with Gasteiger partial charge in [-0.3, -0.25) is 9.59 Å². The van der Waals surface area contributed by atoms with Crippen LogP contribution in [0.5, 0.6) is 0 Å². The van der Waals surface area contributed by atoms with E-state index in [0.29, 0.717) is 22.6 Å². The molecule has 0 aliphatic heterocycles. The Morgan fingerprint density at radius 1 is 1.10 bits per heavy atom. The van der Waals surface area contributed by atoms with Gasteiger partial charge in [0.15, 0.2) is 0 Å². The van der Waals surface area contributed by atoms with Crippen molar-refractivity contribution in [1.29, 1.82) is 0 Å². The summed E-state index contributed by atoms with van der Waals surface area (Å²) in [7, 11) is 0. The summed E-state index contributed by atoms with van der Waals surface area (Å²) in [5.41, 5.74) is 2.57. The predicted octanol–water partition coefficient (Wildman–Crippen LogP) is 3.70. The fourth-order valence-electron chi connectivity index (χ4n) is 3.25. The smallest absolute Gasteiger partial charge is 0.251 e. The lowest BCUT2D eigenvalue weighted by molar-refractivity contribution is -0.124. The van der Waals surface area contributed by atoms with Gasteiger partial charge in [-0.05, 0) is 49.6 Å². The van der Waals surface area contributed by atoms with Crippen molar-refractivity contribution in [3.8, 4) is 5.69 Å². The van der Waals surface area contributed by atoms with Gasteiger partial charge < -0.3 is 15.2 Å². The SMILES string of the molecule is Cc1ccc(C(=O)NC(C(=O)NCc2ccc(-n3ccnc3C)c(F)c2)C(C)C)cc1. The van der Waals surface area contributed by atoms with Crippen molar-refractivity contribution in [2.75, 3.05) is 0 Å². The van der Waals surface area contributed by atoms with Crippen LogP contribution in [0.25, 0.3) is 5.69 Å². The minimum atomic E-state index is -0.702. The van der Waals surface area contributed by atoms with Crippen molar-refractivity contribution in [3.05, 3.63) is 83.2 Å². The topological polar surface area (TPSA) is 76.0 Å². The van der Waals surface area contributed by atoms with Crippen LogP contribution in [-0.4, -0.2) is 27.4 Å². The number of halogens is 1. The lowest BCUT2D eigenvalue weighted by Crippen LogP contribution is -2.49. The third kappa shape index (κ3) is 5.36. The van der Waals surface area contributed by atoms with Gasteiger partial charge in [-0.1, -0.05) is 37.6 Å². The summed E-state index contributed by atoms with van der Waals surface area (Å²) in [6.07, 6.45) is 3.30. The minimum Gasteiger partial charge on any atom is -0.350 e. The molecule has 0 aliphatic rings. The van der Waals surface area contributed by atoms with Crippen LogP contribution in [0.2, 0.25) is 0 Å². The molecule has 2 amide bonds. The van der Waals surface area contributed by atoms with Crippen molar-refractivity contribution in [3.63, 3.8) is 0 Å². The molecule has 3 rings (SSSR count). The number of hydrogen-bond acceptors (Lipinski definition) is 3. The lowest BCUT2D eigenvalue weighted by Gasteiger charge is -2.22. The highest BCUT2D eigenvalue weighted by atomic mass is 19.1. The zero-order valence-corrected chi connectivity index (χ0v) is 18.1. The number of rotatable bonds is 7. The van der Waals surface area contributed by atoms with Gasteiger partial charge in [-0.25, -0.2) is 9.37 Å². The molecule has 6 nitrogen and oxygen atoms in total. The molecule has 0 radical (unpaired) electrons. The number of nitrogens with one attached hydrogen (secondary N) is 2. The van der Waals surface area contributed by atoms with E-state index in [2.05, 4.69) is 15.6 Å². The maximum absolute atomic E-state index is 14.6. The Kier molecular flexibility index (Phi) is 6.84. The number of imidazole rings is 1. The number of hydrogen-bond donors (Lipinski definition) is 2. The van der Waals surface area contributed by atoms with Crippen LogP contribution < -0.4 is 10.6 Å². The minimum absolute atomic E-state index is 0.113. The Labute approximate surface area is 181 Å². The number of benzene rings is 2. The normalized spacial score (nSPS) is 11.9. The van der Waals surface area contributed by atoms with Gasteiger partial charge in [0.2, 0.25) is 5.91 Å². The van der Waals surface area contributed by atoms with E-state index in [0.717, 1.165) is 5.56 Å². The van der Waals surface area contributed by atoms with Crippen LogP contribution >= 0.6 is 0 Å². The molecule has 0 bridgehead atoms. The van der Waals surface area contributed by atoms with E-state index in [1.165, 1.54) is 6.07 Å². The highest BCUT2D eigenvalue weighted by Crippen LogP contribution is 2.17. The number of amides is 2. The van der Waals surface area contributed by atoms with Crippen LogP contribution in [0.4, 0.5) is 4.39 Å². The van der Waals surface area contributed by atoms with Crippen LogP contribution in [0.1, 0.15) is 41.2 Å². The molecule has 162 valence electrons. The average Bonchev–Trinajstić information content (AvgIpc) is 3.16. The van der Waals surface area contributed by atoms with E-state index >= 15 is 0 Å². The molecule has 1 unspecified atom stereocenters. The number of aromatic nitrogens is 2. The van der Waals surface area contributed by atoms with E-state index in [-0.39, 0.29) is 24.3 Å². The van der Waals surface area contributed by atoms with E-state index in [9.17, 15) is 14.0 Å². The molecule has 0 spiro atoms. The van der Waals surface area contributed by atoms with Crippen LogP contribution in [0.3, 0.4) is 0 Å². The summed E-state index contributed by atoms with van der Waals surface area (Å²) in [5.74, 6) is -0.451. The molecule has 0 saturated carbocycles. The third-order valence-corrected chi connectivity index (χ3v) is 5.11. The quantitative estimate of drug-likeness (QED) is 0.610. The van der Waals surface area contributed by atoms with Gasteiger partial charge >= 0.3 is 0 Å². The van der Waals surface area contributed by atoms with Crippen molar-refractivity contribution in [1.82, 2.24) is 20.2 Å². The standard InChI is InChI=1S/C24H27FN4O2/c1-15(2)22(28-23(30)19-8-5-16(3)6-9-19)24(31)27-14-18-7-10-21(20(25)13-18)29-12-11-26-17(29)4/h5-13,15,22H,14H2,1-4H3,(H,27,31)(H,28,30). The molecule has 7 heteroatoms. The first kappa shape index (κ1) is 22.2. The Morgan fingerprint density at radius 3 is 2.39 bits per heavy atom. The second kappa shape index (κ2) is 9.55. The van der Waals surface area contributed by atoms with Crippen molar-refractivity contribution < 1.29 is 14.0 Å². The molecular weight excluding hydrogens is 395 g/mol. The molecule has 1 aromatic heterocycles. The van der Waals surface area contributed by atoms with Gasteiger partial charge in [0, 0.05) is 24.5 Å². The molecule has 0 aliphatic carbocycles. The Hall–Kier alpha value is -3.48. The Morgan fingerprint density at radius 2 is 1.81 bits per heavy atom. The van der Waals surface area contributed by atoms with Gasteiger partial charge in [0.05, 0.1) is 5.69 Å². The monoisotopic (exact) mass is 422 g/mol. The zero-order chi connectivity index (χ0) is 22.5. The first-order valence-electron chi connectivity index (χ1n) is 10.2.